The molecule has 1 fully saturated rings. The monoisotopic (exact) mass is 309 g/mol. The van der Waals surface area contributed by atoms with Crippen molar-refractivity contribution < 1.29 is 14.3 Å². The van der Waals surface area contributed by atoms with Crippen molar-refractivity contribution in [2.75, 3.05) is 13.7 Å². The molecule has 0 unspecified atom stereocenters. The van der Waals surface area contributed by atoms with E-state index in [4.69, 9.17) is 21.1 Å². The molecule has 0 aromatic carbocycles. The number of halogens is 1. The molecule has 0 saturated heterocycles. The van der Waals surface area contributed by atoms with Gasteiger partial charge in [0.15, 0.2) is 0 Å². The van der Waals surface area contributed by atoms with E-state index in [9.17, 15) is 4.79 Å². The molecule has 3 rings (SSSR count). The van der Waals surface area contributed by atoms with Gasteiger partial charge in [-0.05, 0) is 31.9 Å². The van der Waals surface area contributed by atoms with E-state index in [2.05, 4.69) is 10.1 Å². The van der Waals surface area contributed by atoms with Gasteiger partial charge in [0.05, 0.1) is 24.4 Å². The summed E-state index contributed by atoms with van der Waals surface area (Å²) in [6.07, 6.45) is 2.78. The maximum Gasteiger partial charge on any atom is 0.320 e. The zero-order valence-corrected chi connectivity index (χ0v) is 12.6. The van der Waals surface area contributed by atoms with Gasteiger partial charge in [0.2, 0.25) is 0 Å². The summed E-state index contributed by atoms with van der Waals surface area (Å²) in [5, 5.41) is 4.60. The fourth-order valence-corrected chi connectivity index (χ4v) is 2.92. The summed E-state index contributed by atoms with van der Waals surface area (Å²) < 4.78 is 12.2. The van der Waals surface area contributed by atoms with Crippen LogP contribution in [0.2, 0.25) is 5.15 Å². The largest absolute Gasteiger partial charge is 0.465 e. The van der Waals surface area contributed by atoms with Crippen molar-refractivity contribution >= 4 is 23.1 Å². The highest BCUT2D eigenvalue weighted by molar-refractivity contribution is 6.29. The molecule has 0 N–H and O–H groups in total. The fourth-order valence-electron chi connectivity index (χ4n) is 2.78. The first-order valence-electron chi connectivity index (χ1n) is 6.81. The highest BCUT2D eigenvalue weighted by Crippen LogP contribution is 2.45. The van der Waals surface area contributed by atoms with Crippen LogP contribution >= 0.6 is 11.6 Å². The van der Waals surface area contributed by atoms with Gasteiger partial charge in [-0.1, -0.05) is 11.6 Å². The second-order valence-corrected chi connectivity index (χ2v) is 5.53. The first kappa shape index (κ1) is 14.3. The van der Waals surface area contributed by atoms with Gasteiger partial charge >= 0.3 is 5.97 Å². The number of hydrogen-bond acceptors (Lipinski definition) is 5. The third-order valence-corrected chi connectivity index (χ3v) is 4.13. The fraction of sp³-hybridized carbons (Fsp3) is 0.500. The number of esters is 1. The summed E-state index contributed by atoms with van der Waals surface area (Å²) in [5.41, 5.74) is -0.0141. The van der Waals surface area contributed by atoms with E-state index in [1.54, 1.807) is 30.8 Å². The number of rotatable bonds is 4. The first-order valence-corrected chi connectivity index (χ1v) is 7.19. The predicted molar refractivity (Wildman–Crippen MR) is 76.3 cm³/mol. The van der Waals surface area contributed by atoms with E-state index in [1.807, 2.05) is 6.07 Å². The van der Waals surface area contributed by atoms with Crippen LogP contribution in [0.1, 0.15) is 25.6 Å². The smallest absolute Gasteiger partial charge is 0.320 e. The van der Waals surface area contributed by atoms with Crippen molar-refractivity contribution in [2.45, 2.75) is 31.3 Å². The van der Waals surface area contributed by atoms with Crippen LogP contribution in [0.3, 0.4) is 0 Å². The van der Waals surface area contributed by atoms with Crippen molar-refractivity contribution in [3.63, 3.8) is 0 Å². The van der Waals surface area contributed by atoms with E-state index in [0.717, 1.165) is 5.52 Å². The minimum absolute atomic E-state index is 0.0286. The molecule has 112 valence electrons. The molecule has 7 heteroatoms. The highest BCUT2D eigenvalue weighted by Gasteiger charge is 2.56. The summed E-state index contributed by atoms with van der Waals surface area (Å²) >= 11 is 5.95. The standard InChI is InChI=1S/C14H16ClN3O3/c1-3-21-13(19)14(6-10(7-14)20-2)12-16-8-9-4-5-11(15)17-18(9)12/h4-5,8,10H,3,6-7H2,1-2H3. The molecular formula is C14H16ClN3O3. The van der Waals surface area contributed by atoms with Gasteiger partial charge in [-0.2, -0.15) is 5.10 Å². The van der Waals surface area contributed by atoms with E-state index in [1.165, 1.54) is 0 Å². The molecule has 1 saturated carbocycles. The Kier molecular flexibility index (Phi) is 3.59. The molecule has 0 bridgehead atoms. The number of nitrogens with zero attached hydrogens (tertiary/aromatic N) is 3. The molecule has 2 aromatic heterocycles. The zero-order valence-electron chi connectivity index (χ0n) is 11.9. The third-order valence-electron chi connectivity index (χ3n) is 3.93. The molecule has 0 atom stereocenters. The van der Waals surface area contributed by atoms with Crippen molar-refractivity contribution in [2.24, 2.45) is 0 Å². The second-order valence-electron chi connectivity index (χ2n) is 5.14. The molecule has 2 aromatic rings. The van der Waals surface area contributed by atoms with E-state index >= 15 is 0 Å². The Morgan fingerprint density at radius 1 is 1.52 bits per heavy atom. The lowest BCUT2D eigenvalue weighted by Crippen LogP contribution is -2.53. The van der Waals surface area contributed by atoms with Crippen LogP contribution in [0.25, 0.3) is 5.52 Å². The first-order chi connectivity index (χ1) is 10.1. The molecule has 0 radical (unpaired) electrons. The Morgan fingerprint density at radius 3 is 2.95 bits per heavy atom. The minimum Gasteiger partial charge on any atom is -0.465 e. The van der Waals surface area contributed by atoms with Gasteiger partial charge in [0.1, 0.15) is 16.4 Å². The summed E-state index contributed by atoms with van der Waals surface area (Å²) in [6.45, 7) is 2.12. The van der Waals surface area contributed by atoms with Crippen LogP contribution in [-0.2, 0) is 19.7 Å². The maximum atomic E-state index is 12.4. The predicted octanol–water partition coefficient (Wildman–Crippen LogP) is 1.99. The van der Waals surface area contributed by atoms with Crippen molar-refractivity contribution in [3.05, 3.63) is 29.3 Å². The number of carbonyl (C=O) groups excluding carboxylic acids is 1. The Hall–Kier alpha value is -1.66. The topological polar surface area (TPSA) is 65.7 Å². The van der Waals surface area contributed by atoms with Crippen LogP contribution in [-0.4, -0.2) is 40.4 Å². The Labute approximate surface area is 127 Å². The van der Waals surface area contributed by atoms with E-state index in [-0.39, 0.29) is 12.1 Å². The van der Waals surface area contributed by atoms with Crippen LogP contribution in [0.4, 0.5) is 0 Å². The average Bonchev–Trinajstić information content (AvgIpc) is 2.82. The van der Waals surface area contributed by atoms with Gasteiger partial charge in [-0.25, -0.2) is 9.50 Å². The lowest BCUT2D eigenvalue weighted by atomic mass is 9.66. The van der Waals surface area contributed by atoms with Gasteiger partial charge in [0.25, 0.3) is 0 Å². The number of fused-ring (bicyclic) bond motifs is 1. The normalized spacial score (nSPS) is 24.8. The molecule has 0 amide bonds. The molecule has 21 heavy (non-hydrogen) atoms. The Morgan fingerprint density at radius 2 is 2.29 bits per heavy atom. The molecular weight excluding hydrogens is 294 g/mol. The molecule has 2 heterocycles. The summed E-state index contributed by atoms with van der Waals surface area (Å²) in [6, 6.07) is 3.51. The molecule has 0 spiro atoms. The average molecular weight is 310 g/mol. The van der Waals surface area contributed by atoms with Crippen LogP contribution in [0, 0.1) is 0 Å². The molecule has 0 aliphatic heterocycles. The van der Waals surface area contributed by atoms with Crippen LogP contribution in [0.15, 0.2) is 18.3 Å². The van der Waals surface area contributed by atoms with Gasteiger partial charge < -0.3 is 9.47 Å². The number of carbonyl (C=O) groups is 1. The highest BCUT2D eigenvalue weighted by atomic mass is 35.5. The van der Waals surface area contributed by atoms with Crippen molar-refractivity contribution in [3.8, 4) is 0 Å². The van der Waals surface area contributed by atoms with E-state index < -0.39 is 5.41 Å². The Balaban J connectivity index is 2.07. The molecule has 1 aliphatic rings. The number of aromatic nitrogens is 3. The summed E-state index contributed by atoms with van der Waals surface area (Å²) in [7, 11) is 1.64. The second kappa shape index (κ2) is 5.27. The summed E-state index contributed by atoms with van der Waals surface area (Å²) in [5.74, 6) is 0.277. The Bertz CT molecular complexity index is 679. The van der Waals surface area contributed by atoms with Crippen LogP contribution < -0.4 is 0 Å². The molecule has 1 aliphatic carbocycles. The number of imidazole rings is 1. The quantitative estimate of drug-likeness (QED) is 0.808. The van der Waals surface area contributed by atoms with Gasteiger partial charge in [-0.3, -0.25) is 4.79 Å². The molecule has 6 nitrogen and oxygen atoms in total. The third kappa shape index (κ3) is 2.18. The number of hydrogen-bond donors (Lipinski definition) is 0. The number of methoxy groups -OCH3 is 1. The lowest BCUT2D eigenvalue weighted by Gasteiger charge is -2.43. The SMILES string of the molecule is CCOC(=O)C1(c2ncc3ccc(Cl)nn23)CC(OC)C1. The van der Waals surface area contributed by atoms with Crippen molar-refractivity contribution in [1.29, 1.82) is 0 Å². The lowest BCUT2D eigenvalue weighted by molar-refractivity contribution is -0.161. The van der Waals surface area contributed by atoms with Gasteiger partial charge in [-0.15, -0.1) is 0 Å². The maximum absolute atomic E-state index is 12.4. The minimum atomic E-state index is -0.805. The zero-order chi connectivity index (χ0) is 15.0. The van der Waals surface area contributed by atoms with E-state index in [0.29, 0.717) is 30.4 Å². The van der Waals surface area contributed by atoms with Crippen LogP contribution in [0.5, 0.6) is 0 Å². The number of ether oxygens (including phenoxy) is 2. The summed E-state index contributed by atoms with van der Waals surface area (Å²) in [4.78, 5) is 16.8. The van der Waals surface area contributed by atoms with Crippen molar-refractivity contribution in [1.82, 2.24) is 14.6 Å². The van der Waals surface area contributed by atoms with Gasteiger partial charge in [0, 0.05) is 7.11 Å².